The van der Waals surface area contributed by atoms with E-state index >= 15 is 0 Å². The average Bonchev–Trinajstić information content (AvgIpc) is 3.54. The molecule has 35 heavy (non-hydrogen) atoms. The van der Waals surface area contributed by atoms with Crippen molar-refractivity contribution in [2.75, 3.05) is 13.1 Å². The van der Waals surface area contributed by atoms with Crippen LogP contribution in [0, 0.1) is 19.3 Å². The van der Waals surface area contributed by atoms with Crippen LogP contribution in [0.2, 0.25) is 10.0 Å². The van der Waals surface area contributed by atoms with Crippen molar-refractivity contribution in [1.29, 1.82) is 5.41 Å². The summed E-state index contributed by atoms with van der Waals surface area (Å²) in [6.07, 6.45) is 3.82. The van der Waals surface area contributed by atoms with Crippen LogP contribution in [-0.4, -0.2) is 55.4 Å². The van der Waals surface area contributed by atoms with Gasteiger partial charge in [-0.25, -0.2) is 0 Å². The Kier molecular flexibility index (Phi) is 6.33. The molecule has 0 saturated carbocycles. The number of amides is 2. The van der Waals surface area contributed by atoms with Crippen molar-refractivity contribution in [3.63, 3.8) is 0 Å². The summed E-state index contributed by atoms with van der Waals surface area (Å²) in [5.74, 6) is -0.571. The standard InChI is InChI=1S/C24H22Cl2N6O2S/c1-13-10-15(14(2)31(13)18-7-5-6-17(25)21(18)26)11-16-22(27)32-24(28-23(16)34)35-19(29-32)12-20(33)30-8-3-4-9-30/h5-7,10-11,27H,3-4,8-9,12H2,1-2H3/b16-11-,27-22?. The maximum absolute atomic E-state index is 12.9. The second kappa shape index (κ2) is 9.29. The number of halogens is 2. The average molecular weight is 529 g/mol. The number of carbonyl (C=O) groups excluding carboxylic acids is 2. The Bertz CT molecular complexity index is 1370. The summed E-state index contributed by atoms with van der Waals surface area (Å²) in [6, 6.07) is 7.34. The van der Waals surface area contributed by atoms with Crippen LogP contribution < -0.4 is 0 Å². The minimum Gasteiger partial charge on any atom is -0.342 e. The van der Waals surface area contributed by atoms with Gasteiger partial charge in [-0.1, -0.05) is 29.3 Å². The van der Waals surface area contributed by atoms with Crippen LogP contribution in [0.5, 0.6) is 0 Å². The van der Waals surface area contributed by atoms with E-state index < -0.39 is 5.91 Å². The number of carbonyl (C=O) groups is 2. The monoisotopic (exact) mass is 528 g/mol. The van der Waals surface area contributed by atoms with Gasteiger partial charge in [-0.15, -0.1) is 0 Å². The molecule has 1 N–H and O–H groups in total. The normalized spacial score (nSPS) is 18.9. The van der Waals surface area contributed by atoms with Gasteiger partial charge in [0, 0.05) is 24.5 Å². The van der Waals surface area contributed by atoms with Crippen LogP contribution in [0.1, 0.15) is 36.2 Å². The Morgan fingerprint density at radius 2 is 1.97 bits per heavy atom. The summed E-state index contributed by atoms with van der Waals surface area (Å²) in [6.45, 7) is 5.37. The number of aromatic nitrogens is 1. The van der Waals surface area contributed by atoms with E-state index in [1.54, 1.807) is 12.1 Å². The number of rotatable bonds is 4. The van der Waals surface area contributed by atoms with Crippen molar-refractivity contribution in [2.45, 2.75) is 33.1 Å². The highest BCUT2D eigenvalue weighted by molar-refractivity contribution is 8.27. The molecule has 180 valence electrons. The molecule has 2 aromatic rings. The summed E-state index contributed by atoms with van der Waals surface area (Å²) in [5.41, 5.74) is 3.35. The molecule has 5 rings (SSSR count). The fraction of sp³-hybridized carbons (Fsp3) is 0.292. The smallest absolute Gasteiger partial charge is 0.283 e. The minimum atomic E-state index is -0.512. The highest BCUT2D eigenvalue weighted by Crippen LogP contribution is 2.34. The zero-order valence-electron chi connectivity index (χ0n) is 19.1. The van der Waals surface area contributed by atoms with Gasteiger partial charge in [0.15, 0.2) is 5.84 Å². The number of hydrogen-bond donors (Lipinski definition) is 1. The lowest BCUT2D eigenvalue weighted by Crippen LogP contribution is -2.35. The molecule has 11 heteroatoms. The molecule has 0 spiro atoms. The third kappa shape index (κ3) is 4.32. The molecule has 3 aliphatic rings. The highest BCUT2D eigenvalue weighted by Gasteiger charge is 2.36. The number of likely N-dealkylation sites (tertiary alicyclic amines) is 1. The second-order valence-corrected chi connectivity index (χ2v) is 10.3. The van der Waals surface area contributed by atoms with Gasteiger partial charge in [0.2, 0.25) is 11.1 Å². The molecule has 0 bridgehead atoms. The summed E-state index contributed by atoms with van der Waals surface area (Å²) >= 11 is 13.8. The SMILES string of the molecule is Cc1cc(/C=C2/C(=N)N3N=C(CC(=O)N4CCCC4)SC3=NC2=O)c(C)n1-c1cccc(Cl)c1Cl. The fourth-order valence-electron chi connectivity index (χ4n) is 4.44. The summed E-state index contributed by atoms with van der Waals surface area (Å²) in [4.78, 5) is 31.3. The molecule has 8 nitrogen and oxygen atoms in total. The van der Waals surface area contributed by atoms with Gasteiger partial charge in [-0.05, 0) is 68.3 Å². The van der Waals surface area contributed by atoms with Crippen LogP contribution in [0.3, 0.4) is 0 Å². The van der Waals surface area contributed by atoms with Crippen LogP contribution in [0.15, 0.2) is 39.9 Å². The first-order valence-electron chi connectivity index (χ1n) is 11.1. The molecule has 4 heterocycles. The lowest BCUT2D eigenvalue weighted by molar-refractivity contribution is -0.128. The van der Waals surface area contributed by atoms with Crippen molar-refractivity contribution in [2.24, 2.45) is 10.1 Å². The first-order valence-corrected chi connectivity index (χ1v) is 12.7. The van der Waals surface area contributed by atoms with Gasteiger partial charge in [0.1, 0.15) is 5.04 Å². The van der Waals surface area contributed by atoms with Crippen molar-refractivity contribution in [3.8, 4) is 5.69 Å². The van der Waals surface area contributed by atoms with E-state index in [1.807, 2.05) is 41.5 Å². The molecule has 1 aromatic heterocycles. The molecule has 3 aliphatic heterocycles. The molecule has 0 unspecified atom stereocenters. The molecular weight excluding hydrogens is 507 g/mol. The van der Waals surface area contributed by atoms with Gasteiger partial charge in [-0.3, -0.25) is 15.0 Å². The van der Waals surface area contributed by atoms with Crippen LogP contribution in [-0.2, 0) is 9.59 Å². The predicted molar refractivity (Wildman–Crippen MR) is 141 cm³/mol. The van der Waals surface area contributed by atoms with E-state index in [0.717, 1.165) is 48.6 Å². The number of nitrogens with one attached hydrogen (secondary N) is 1. The van der Waals surface area contributed by atoms with E-state index in [1.165, 1.54) is 16.8 Å². The van der Waals surface area contributed by atoms with Gasteiger partial charge in [0.25, 0.3) is 5.91 Å². The van der Waals surface area contributed by atoms with Crippen molar-refractivity contribution in [1.82, 2.24) is 14.5 Å². The molecule has 2 amide bonds. The molecular formula is C24H22Cl2N6O2S. The van der Waals surface area contributed by atoms with Crippen molar-refractivity contribution < 1.29 is 9.59 Å². The van der Waals surface area contributed by atoms with Gasteiger partial charge in [0.05, 0.1) is 27.7 Å². The maximum atomic E-state index is 12.9. The number of amidine groups is 2. The zero-order valence-corrected chi connectivity index (χ0v) is 21.5. The summed E-state index contributed by atoms with van der Waals surface area (Å²) < 4.78 is 1.96. The number of benzene rings is 1. The number of nitrogens with zero attached hydrogens (tertiary/aromatic N) is 5. The number of hydrazone groups is 1. The third-order valence-electron chi connectivity index (χ3n) is 6.20. The van der Waals surface area contributed by atoms with E-state index in [-0.39, 0.29) is 23.7 Å². The Labute approximate surface area is 216 Å². The first kappa shape index (κ1) is 23.8. The predicted octanol–water partition coefficient (Wildman–Crippen LogP) is 5.03. The summed E-state index contributed by atoms with van der Waals surface area (Å²) in [7, 11) is 0. The van der Waals surface area contributed by atoms with Crippen molar-refractivity contribution in [3.05, 3.63) is 56.8 Å². The van der Waals surface area contributed by atoms with Crippen LogP contribution in [0.4, 0.5) is 0 Å². The van der Waals surface area contributed by atoms with E-state index in [4.69, 9.17) is 28.6 Å². The van der Waals surface area contributed by atoms with Crippen LogP contribution >= 0.6 is 35.0 Å². The molecule has 0 aliphatic carbocycles. The lowest BCUT2D eigenvalue weighted by Gasteiger charge is -2.20. The topological polar surface area (TPSA) is 94.1 Å². The molecule has 1 fully saturated rings. The highest BCUT2D eigenvalue weighted by atomic mass is 35.5. The van der Waals surface area contributed by atoms with Crippen LogP contribution in [0.25, 0.3) is 11.8 Å². The number of hydrogen-bond acceptors (Lipinski definition) is 5. The van der Waals surface area contributed by atoms with Gasteiger partial charge in [-0.2, -0.15) is 15.1 Å². The maximum Gasteiger partial charge on any atom is 0.283 e. The first-order chi connectivity index (χ1) is 16.7. The Morgan fingerprint density at radius 1 is 1.23 bits per heavy atom. The largest absolute Gasteiger partial charge is 0.342 e. The number of aryl methyl sites for hydroxylation is 1. The van der Waals surface area contributed by atoms with E-state index in [0.29, 0.717) is 20.3 Å². The molecule has 1 aromatic carbocycles. The number of thioether (sulfide) groups is 1. The van der Waals surface area contributed by atoms with Gasteiger partial charge < -0.3 is 9.47 Å². The van der Waals surface area contributed by atoms with E-state index in [2.05, 4.69) is 10.1 Å². The second-order valence-electron chi connectivity index (χ2n) is 8.51. The van der Waals surface area contributed by atoms with Crippen molar-refractivity contribution >= 4 is 68.9 Å². The molecule has 0 atom stereocenters. The zero-order chi connectivity index (χ0) is 24.9. The third-order valence-corrected chi connectivity index (χ3v) is 7.92. The Balaban J connectivity index is 1.43. The number of aliphatic imine (C=N–C) groups is 1. The molecule has 1 saturated heterocycles. The minimum absolute atomic E-state index is 0.00920. The van der Waals surface area contributed by atoms with E-state index in [9.17, 15) is 9.59 Å². The fourth-order valence-corrected chi connectivity index (χ4v) is 5.69. The van der Waals surface area contributed by atoms with Gasteiger partial charge >= 0.3 is 0 Å². The quantitative estimate of drug-likeness (QED) is 0.562. The molecule has 0 radical (unpaired) electrons. The lowest BCUT2D eigenvalue weighted by atomic mass is 10.1. The number of fused-ring (bicyclic) bond motifs is 1. The summed E-state index contributed by atoms with van der Waals surface area (Å²) in [5, 5.41) is 16.1. The Hall–Kier alpha value is -2.88. The Morgan fingerprint density at radius 3 is 2.71 bits per heavy atom.